The van der Waals surface area contributed by atoms with Gasteiger partial charge in [-0.3, -0.25) is 10.00 Å². The minimum absolute atomic E-state index is 0.366. The highest BCUT2D eigenvalue weighted by atomic mass is 35.5. The van der Waals surface area contributed by atoms with Gasteiger partial charge in [-0.25, -0.2) is 4.79 Å². The van der Waals surface area contributed by atoms with Gasteiger partial charge in [-0.15, -0.1) is 0 Å². The molecule has 0 aliphatic heterocycles. The molecule has 3 aromatic carbocycles. The SMILES string of the molecule is CC(C)NCc1ccc(-c2ccc(N(C(N)=O)c3cccc(Cl)c3)cc2)c2c(N)n[nH]c12. The van der Waals surface area contributed by atoms with E-state index in [4.69, 9.17) is 23.1 Å². The van der Waals surface area contributed by atoms with E-state index in [0.717, 1.165) is 27.6 Å². The zero-order valence-corrected chi connectivity index (χ0v) is 18.6. The van der Waals surface area contributed by atoms with Gasteiger partial charge in [0, 0.05) is 17.6 Å². The number of aromatic nitrogens is 2. The van der Waals surface area contributed by atoms with Crippen molar-refractivity contribution < 1.29 is 4.79 Å². The van der Waals surface area contributed by atoms with Gasteiger partial charge >= 0.3 is 6.03 Å². The van der Waals surface area contributed by atoms with E-state index in [1.54, 1.807) is 24.3 Å². The van der Waals surface area contributed by atoms with Crippen LogP contribution in [0.1, 0.15) is 19.4 Å². The number of aromatic amines is 1. The molecule has 32 heavy (non-hydrogen) atoms. The number of nitrogen functional groups attached to an aromatic ring is 1. The summed E-state index contributed by atoms with van der Waals surface area (Å²) in [5, 5.41) is 12.1. The maximum absolute atomic E-state index is 12.2. The van der Waals surface area contributed by atoms with Crippen LogP contribution in [0.3, 0.4) is 0 Å². The molecule has 0 fully saturated rings. The second-order valence-corrected chi connectivity index (χ2v) is 8.30. The normalized spacial score (nSPS) is 11.2. The lowest BCUT2D eigenvalue weighted by molar-refractivity contribution is 0.256. The average molecular weight is 449 g/mol. The molecule has 8 heteroatoms. The Bertz CT molecular complexity index is 1270. The van der Waals surface area contributed by atoms with Crippen molar-refractivity contribution in [3.05, 3.63) is 71.2 Å². The largest absolute Gasteiger partial charge is 0.382 e. The van der Waals surface area contributed by atoms with Crippen LogP contribution in [0.4, 0.5) is 22.0 Å². The molecule has 4 rings (SSSR count). The van der Waals surface area contributed by atoms with Crippen molar-refractivity contribution in [1.29, 1.82) is 0 Å². The minimum atomic E-state index is -0.594. The number of fused-ring (bicyclic) bond motifs is 1. The predicted octanol–water partition coefficient (Wildman–Crippen LogP) is 5.18. The number of nitrogens with two attached hydrogens (primary N) is 2. The standard InChI is InChI=1S/C24H25ClN6O/c1-14(2)28-13-16-8-11-20(21-22(16)29-30-23(21)26)15-6-9-18(10-7-15)31(24(27)32)19-5-3-4-17(25)12-19/h3-12,14,28H,13H2,1-2H3,(H2,27,32)(H3,26,29,30). The topological polar surface area (TPSA) is 113 Å². The number of anilines is 3. The van der Waals surface area contributed by atoms with E-state index in [2.05, 4.69) is 35.4 Å². The summed E-state index contributed by atoms with van der Waals surface area (Å²) in [7, 11) is 0. The average Bonchev–Trinajstić information content (AvgIpc) is 3.15. The number of urea groups is 1. The van der Waals surface area contributed by atoms with Crippen LogP contribution in [0.2, 0.25) is 5.02 Å². The Balaban J connectivity index is 1.72. The number of hydrogen-bond donors (Lipinski definition) is 4. The molecule has 0 bridgehead atoms. The highest BCUT2D eigenvalue weighted by molar-refractivity contribution is 6.31. The molecule has 0 unspecified atom stereocenters. The molecule has 4 aromatic rings. The number of hydrogen-bond acceptors (Lipinski definition) is 4. The van der Waals surface area contributed by atoms with Crippen LogP contribution in [0.5, 0.6) is 0 Å². The zero-order valence-electron chi connectivity index (χ0n) is 17.9. The van der Waals surface area contributed by atoms with Gasteiger partial charge in [0.25, 0.3) is 0 Å². The molecule has 7 nitrogen and oxygen atoms in total. The fourth-order valence-corrected chi connectivity index (χ4v) is 3.91. The van der Waals surface area contributed by atoms with E-state index >= 15 is 0 Å². The molecule has 1 aromatic heterocycles. The molecule has 0 radical (unpaired) electrons. The zero-order chi connectivity index (χ0) is 22.8. The van der Waals surface area contributed by atoms with E-state index in [1.165, 1.54) is 4.90 Å². The molecular formula is C24H25ClN6O. The van der Waals surface area contributed by atoms with Crippen molar-refractivity contribution in [3.63, 3.8) is 0 Å². The lowest BCUT2D eigenvalue weighted by Crippen LogP contribution is -2.31. The van der Waals surface area contributed by atoms with Crippen LogP contribution in [0.15, 0.2) is 60.7 Å². The van der Waals surface area contributed by atoms with Crippen molar-refractivity contribution >= 4 is 45.7 Å². The summed E-state index contributed by atoms with van der Waals surface area (Å²) in [6, 6.07) is 18.4. The van der Waals surface area contributed by atoms with E-state index in [1.807, 2.05) is 30.3 Å². The van der Waals surface area contributed by atoms with Gasteiger partial charge in [0.2, 0.25) is 0 Å². The Morgan fingerprint density at radius 3 is 2.53 bits per heavy atom. The fraction of sp³-hybridized carbons (Fsp3) is 0.167. The second kappa shape index (κ2) is 8.90. The van der Waals surface area contributed by atoms with Crippen LogP contribution in [-0.2, 0) is 6.54 Å². The van der Waals surface area contributed by atoms with Crippen molar-refractivity contribution in [2.24, 2.45) is 5.73 Å². The van der Waals surface area contributed by atoms with Gasteiger partial charge in [0.05, 0.1) is 22.3 Å². The molecule has 6 N–H and O–H groups in total. The summed E-state index contributed by atoms with van der Waals surface area (Å²) < 4.78 is 0. The van der Waals surface area contributed by atoms with Crippen molar-refractivity contribution in [2.45, 2.75) is 26.4 Å². The van der Waals surface area contributed by atoms with Crippen molar-refractivity contribution in [1.82, 2.24) is 15.5 Å². The number of benzene rings is 3. The van der Waals surface area contributed by atoms with Crippen LogP contribution >= 0.6 is 11.6 Å². The summed E-state index contributed by atoms with van der Waals surface area (Å²) in [4.78, 5) is 13.6. The van der Waals surface area contributed by atoms with Crippen molar-refractivity contribution in [3.8, 4) is 11.1 Å². The highest BCUT2D eigenvalue weighted by Crippen LogP contribution is 2.35. The maximum Gasteiger partial charge on any atom is 0.323 e. The second-order valence-electron chi connectivity index (χ2n) is 7.87. The number of nitrogens with one attached hydrogen (secondary N) is 2. The van der Waals surface area contributed by atoms with Crippen molar-refractivity contribution in [2.75, 3.05) is 10.6 Å². The third-order valence-corrected chi connectivity index (χ3v) is 5.50. The molecular weight excluding hydrogens is 424 g/mol. The summed E-state index contributed by atoms with van der Waals surface area (Å²) >= 11 is 6.09. The molecule has 0 aliphatic rings. The number of rotatable bonds is 6. The molecule has 0 atom stereocenters. The molecule has 0 aliphatic carbocycles. The number of carbonyl (C=O) groups excluding carboxylic acids is 1. The molecule has 0 saturated carbocycles. The van der Waals surface area contributed by atoms with Gasteiger partial charge in [-0.2, -0.15) is 5.10 Å². The lowest BCUT2D eigenvalue weighted by atomic mass is 9.98. The number of halogens is 1. The van der Waals surface area contributed by atoms with Gasteiger partial charge in [-0.1, -0.05) is 55.8 Å². The number of nitrogens with zero attached hydrogens (tertiary/aromatic N) is 2. The third kappa shape index (κ3) is 4.26. The first-order valence-electron chi connectivity index (χ1n) is 10.3. The van der Waals surface area contributed by atoms with Gasteiger partial charge in [-0.05, 0) is 47.0 Å². The van der Waals surface area contributed by atoms with Gasteiger partial charge in [0.15, 0.2) is 5.82 Å². The smallest absolute Gasteiger partial charge is 0.323 e. The molecule has 0 saturated heterocycles. The van der Waals surface area contributed by atoms with E-state index in [-0.39, 0.29) is 0 Å². The van der Waals surface area contributed by atoms with Gasteiger partial charge in [0.1, 0.15) is 0 Å². The third-order valence-electron chi connectivity index (χ3n) is 5.26. The number of amides is 2. The first kappa shape index (κ1) is 21.7. The maximum atomic E-state index is 12.2. The number of H-pyrrole nitrogens is 1. The Hall–Kier alpha value is -3.55. The quantitative estimate of drug-likeness (QED) is 0.325. The summed E-state index contributed by atoms with van der Waals surface area (Å²) in [6.07, 6.45) is 0. The summed E-state index contributed by atoms with van der Waals surface area (Å²) in [6.45, 7) is 4.92. The predicted molar refractivity (Wildman–Crippen MR) is 131 cm³/mol. The Labute approximate surface area is 191 Å². The Morgan fingerprint density at radius 2 is 1.88 bits per heavy atom. The molecule has 2 amide bonds. The molecule has 164 valence electrons. The Morgan fingerprint density at radius 1 is 1.12 bits per heavy atom. The monoisotopic (exact) mass is 448 g/mol. The molecule has 0 spiro atoms. The number of primary amides is 1. The first-order chi connectivity index (χ1) is 15.3. The van der Waals surface area contributed by atoms with Crippen LogP contribution in [-0.4, -0.2) is 22.3 Å². The van der Waals surface area contributed by atoms with Crippen LogP contribution in [0.25, 0.3) is 22.0 Å². The summed E-state index contributed by atoms with van der Waals surface area (Å²) in [5.41, 5.74) is 17.0. The first-order valence-corrected chi connectivity index (χ1v) is 10.7. The highest BCUT2D eigenvalue weighted by Gasteiger charge is 2.17. The van der Waals surface area contributed by atoms with Crippen LogP contribution in [0, 0.1) is 0 Å². The van der Waals surface area contributed by atoms with E-state index in [9.17, 15) is 4.79 Å². The van der Waals surface area contributed by atoms with E-state index in [0.29, 0.717) is 34.8 Å². The van der Waals surface area contributed by atoms with E-state index < -0.39 is 6.03 Å². The number of carbonyl (C=O) groups is 1. The Kier molecular flexibility index (Phi) is 6.03. The lowest BCUT2D eigenvalue weighted by Gasteiger charge is -2.21. The summed E-state index contributed by atoms with van der Waals surface area (Å²) in [5.74, 6) is 0.447. The fourth-order valence-electron chi connectivity index (χ4n) is 3.72. The molecule has 1 heterocycles. The van der Waals surface area contributed by atoms with Crippen LogP contribution < -0.4 is 21.7 Å². The van der Waals surface area contributed by atoms with Gasteiger partial charge < -0.3 is 16.8 Å². The minimum Gasteiger partial charge on any atom is -0.382 e.